The number of hydrogen-bond acceptors (Lipinski definition) is 4. The molecule has 0 radical (unpaired) electrons. The van der Waals surface area contributed by atoms with Gasteiger partial charge in [-0.2, -0.15) is 4.98 Å². The largest absolute Gasteiger partial charge is 0.343 e. The Kier molecular flexibility index (Phi) is 2.79. The Labute approximate surface area is 93.4 Å². The van der Waals surface area contributed by atoms with E-state index in [4.69, 9.17) is 5.73 Å². The first-order valence-electron chi connectivity index (χ1n) is 4.15. The Balaban J connectivity index is 2.38. The number of nitrogens with two attached hydrogens (primary N) is 1. The van der Waals surface area contributed by atoms with E-state index in [-0.39, 0.29) is 5.82 Å². The third kappa shape index (κ3) is 2.05. The summed E-state index contributed by atoms with van der Waals surface area (Å²) < 4.78 is 18.7. The zero-order valence-electron chi connectivity index (χ0n) is 7.52. The molecule has 6 heteroatoms. The Morgan fingerprint density at radius 1 is 1.47 bits per heavy atom. The average molecular weight is 272 g/mol. The van der Waals surface area contributed by atoms with Crippen LogP contribution in [0, 0.1) is 5.82 Å². The summed E-state index contributed by atoms with van der Waals surface area (Å²) in [7, 11) is 0. The summed E-state index contributed by atoms with van der Waals surface area (Å²) in [6.45, 7) is 0. The first-order chi connectivity index (χ1) is 7.18. The van der Waals surface area contributed by atoms with E-state index in [0.717, 1.165) is 6.39 Å². The quantitative estimate of drug-likeness (QED) is 0.908. The van der Waals surface area contributed by atoms with Gasteiger partial charge in [0.2, 0.25) is 6.39 Å². The number of aromatic nitrogens is 2. The summed E-state index contributed by atoms with van der Waals surface area (Å²) in [4.78, 5) is 3.77. The molecular weight excluding hydrogens is 265 g/mol. The summed E-state index contributed by atoms with van der Waals surface area (Å²) in [5.41, 5.74) is 6.10. The maximum atomic E-state index is 13.5. The van der Waals surface area contributed by atoms with Crippen molar-refractivity contribution < 1.29 is 8.91 Å². The molecule has 0 fully saturated rings. The zero-order chi connectivity index (χ0) is 10.8. The fourth-order valence-corrected chi connectivity index (χ4v) is 1.54. The molecule has 0 aliphatic rings. The molecule has 15 heavy (non-hydrogen) atoms. The molecule has 0 bridgehead atoms. The van der Waals surface area contributed by atoms with Gasteiger partial charge in [0.05, 0.1) is 6.04 Å². The van der Waals surface area contributed by atoms with E-state index in [9.17, 15) is 4.39 Å². The lowest BCUT2D eigenvalue weighted by Gasteiger charge is -2.08. The number of hydrogen-bond donors (Lipinski definition) is 1. The summed E-state index contributed by atoms with van der Waals surface area (Å²) in [6.07, 6.45) is 1.16. The van der Waals surface area contributed by atoms with Crippen LogP contribution in [0.3, 0.4) is 0 Å². The molecule has 78 valence electrons. The van der Waals surface area contributed by atoms with Crippen molar-refractivity contribution in [3.05, 3.63) is 46.3 Å². The number of nitrogens with zero attached hydrogens (tertiary/aromatic N) is 2. The lowest BCUT2D eigenvalue weighted by atomic mass is 10.1. The minimum absolute atomic E-state index is 0.260. The van der Waals surface area contributed by atoms with E-state index < -0.39 is 11.9 Å². The van der Waals surface area contributed by atoms with Gasteiger partial charge in [-0.05, 0) is 12.1 Å². The second kappa shape index (κ2) is 4.08. The van der Waals surface area contributed by atoms with Crippen LogP contribution in [0.15, 0.2) is 33.6 Å². The minimum Gasteiger partial charge on any atom is -0.343 e. The van der Waals surface area contributed by atoms with Crippen LogP contribution in [-0.4, -0.2) is 10.1 Å². The average Bonchev–Trinajstić information content (AvgIpc) is 2.69. The van der Waals surface area contributed by atoms with E-state index in [2.05, 4.69) is 30.6 Å². The van der Waals surface area contributed by atoms with Gasteiger partial charge in [0.25, 0.3) is 0 Å². The van der Waals surface area contributed by atoms with Crippen molar-refractivity contribution in [1.29, 1.82) is 0 Å². The highest BCUT2D eigenvalue weighted by atomic mass is 79.9. The predicted octanol–water partition coefficient (Wildman–Crippen LogP) is 2.02. The summed E-state index contributed by atoms with van der Waals surface area (Å²) in [6, 6.07) is 3.92. The normalized spacial score (nSPS) is 12.7. The molecular formula is C9H7BrFN3O. The molecule has 2 N–H and O–H groups in total. The molecule has 0 saturated carbocycles. The SMILES string of the molecule is NC(c1ncon1)c1ccc(Br)cc1F. The standard InChI is InChI=1S/C9H7BrFN3O/c10-5-1-2-6(7(11)3-5)8(12)9-13-4-15-14-9/h1-4,8H,12H2. The van der Waals surface area contributed by atoms with Crippen LogP contribution < -0.4 is 5.73 Å². The second-order valence-corrected chi connectivity index (χ2v) is 3.85. The van der Waals surface area contributed by atoms with Crippen LogP contribution in [0.4, 0.5) is 4.39 Å². The molecule has 1 atom stereocenters. The van der Waals surface area contributed by atoms with Gasteiger partial charge in [-0.25, -0.2) is 4.39 Å². The predicted molar refractivity (Wildman–Crippen MR) is 54.4 cm³/mol. The third-order valence-corrected chi connectivity index (χ3v) is 2.45. The topological polar surface area (TPSA) is 64.9 Å². The van der Waals surface area contributed by atoms with Crippen LogP contribution >= 0.6 is 15.9 Å². The number of rotatable bonds is 2. The molecule has 2 aromatic rings. The van der Waals surface area contributed by atoms with Crippen LogP contribution in [0.2, 0.25) is 0 Å². The molecule has 1 aromatic heterocycles. The van der Waals surface area contributed by atoms with Crippen LogP contribution in [0.5, 0.6) is 0 Å². The lowest BCUT2D eigenvalue weighted by Crippen LogP contribution is -2.15. The van der Waals surface area contributed by atoms with Crippen LogP contribution in [0.25, 0.3) is 0 Å². The summed E-state index contributed by atoms with van der Waals surface area (Å²) in [5.74, 6) is -0.141. The summed E-state index contributed by atoms with van der Waals surface area (Å²) >= 11 is 3.16. The Bertz CT molecular complexity index is 460. The number of halogens is 2. The highest BCUT2D eigenvalue weighted by Gasteiger charge is 2.17. The smallest absolute Gasteiger partial charge is 0.213 e. The van der Waals surface area contributed by atoms with Crippen molar-refractivity contribution in [2.45, 2.75) is 6.04 Å². The van der Waals surface area contributed by atoms with Gasteiger partial charge in [-0.15, -0.1) is 0 Å². The summed E-state index contributed by atoms with van der Waals surface area (Å²) in [5, 5.41) is 3.57. The molecule has 0 amide bonds. The minimum atomic E-state index is -0.711. The zero-order valence-corrected chi connectivity index (χ0v) is 9.11. The lowest BCUT2D eigenvalue weighted by molar-refractivity contribution is 0.407. The van der Waals surface area contributed by atoms with E-state index in [1.165, 1.54) is 6.07 Å². The van der Waals surface area contributed by atoms with E-state index in [1.54, 1.807) is 12.1 Å². The van der Waals surface area contributed by atoms with Crippen molar-refractivity contribution in [1.82, 2.24) is 10.1 Å². The van der Waals surface area contributed by atoms with Gasteiger partial charge in [0.1, 0.15) is 5.82 Å². The van der Waals surface area contributed by atoms with Crippen molar-refractivity contribution in [3.63, 3.8) is 0 Å². The van der Waals surface area contributed by atoms with Gasteiger partial charge in [0, 0.05) is 10.0 Å². The Hall–Kier alpha value is -1.27. The van der Waals surface area contributed by atoms with Crippen molar-refractivity contribution >= 4 is 15.9 Å². The van der Waals surface area contributed by atoms with E-state index in [0.29, 0.717) is 10.0 Å². The molecule has 1 heterocycles. The molecule has 0 spiro atoms. The Morgan fingerprint density at radius 2 is 2.27 bits per heavy atom. The highest BCUT2D eigenvalue weighted by Crippen LogP contribution is 2.22. The van der Waals surface area contributed by atoms with Gasteiger partial charge in [0.15, 0.2) is 5.82 Å². The first-order valence-corrected chi connectivity index (χ1v) is 4.94. The van der Waals surface area contributed by atoms with Gasteiger partial charge >= 0.3 is 0 Å². The fraction of sp³-hybridized carbons (Fsp3) is 0.111. The molecule has 4 nitrogen and oxygen atoms in total. The van der Waals surface area contributed by atoms with Gasteiger partial charge in [-0.1, -0.05) is 27.2 Å². The first kappa shape index (κ1) is 10.3. The second-order valence-electron chi connectivity index (χ2n) is 2.93. The van der Waals surface area contributed by atoms with Gasteiger partial charge < -0.3 is 10.3 Å². The van der Waals surface area contributed by atoms with Gasteiger partial charge in [-0.3, -0.25) is 0 Å². The molecule has 0 saturated heterocycles. The monoisotopic (exact) mass is 271 g/mol. The van der Waals surface area contributed by atoms with Crippen molar-refractivity contribution in [2.75, 3.05) is 0 Å². The highest BCUT2D eigenvalue weighted by molar-refractivity contribution is 9.10. The molecule has 0 aliphatic carbocycles. The van der Waals surface area contributed by atoms with Crippen LogP contribution in [-0.2, 0) is 0 Å². The third-order valence-electron chi connectivity index (χ3n) is 1.95. The Morgan fingerprint density at radius 3 is 2.87 bits per heavy atom. The van der Waals surface area contributed by atoms with E-state index in [1.807, 2.05) is 0 Å². The van der Waals surface area contributed by atoms with Crippen LogP contribution in [0.1, 0.15) is 17.4 Å². The maximum absolute atomic E-state index is 13.5. The van der Waals surface area contributed by atoms with Crippen molar-refractivity contribution in [3.8, 4) is 0 Å². The molecule has 1 aromatic carbocycles. The molecule has 0 aliphatic heterocycles. The molecule has 1 unspecified atom stereocenters. The van der Waals surface area contributed by atoms with Crippen molar-refractivity contribution in [2.24, 2.45) is 5.73 Å². The number of benzene rings is 1. The maximum Gasteiger partial charge on any atom is 0.213 e. The fourth-order valence-electron chi connectivity index (χ4n) is 1.21. The van der Waals surface area contributed by atoms with E-state index >= 15 is 0 Å². The molecule has 2 rings (SSSR count).